The Balaban J connectivity index is 1.61. The van der Waals surface area contributed by atoms with Crippen LogP contribution in [0.25, 0.3) is 0 Å². The lowest BCUT2D eigenvalue weighted by molar-refractivity contribution is 0.0730. The summed E-state index contributed by atoms with van der Waals surface area (Å²) in [6.45, 7) is 3.35. The van der Waals surface area contributed by atoms with Gasteiger partial charge in [-0.3, -0.25) is 4.79 Å². The van der Waals surface area contributed by atoms with Gasteiger partial charge in [-0.2, -0.15) is 4.31 Å². The number of hydrogen-bond donors (Lipinski definition) is 1. The summed E-state index contributed by atoms with van der Waals surface area (Å²) in [5.41, 5.74) is 4.42. The third-order valence-electron chi connectivity index (χ3n) is 5.65. The second kappa shape index (κ2) is 8.26. The molecule has 6 nitrogen and oxygen atoms in total. The molecule has 1 N–H and O–H groups in total. The predicted molar refractivity (Wildman–Crippen MR) is 112 cm³/mol. The summed E-state index contributed by atoms with van der Waals surface area (Å²) in [5, 5.41) is 2.92. The van der Waals surface area contributed by atoms with Gasteiger partial charge in [0, 0.05) is 24.3 Å². The van der Waals surface area contributed by atoms with Crippen LogP contribution in [0.1, 0.15) is 40.4 Å². The quantitative estimate of drug-likeness (QED) is 0.816. The van der Waals surface area contributed by atoms with Crippen molar-refractivity contribution in [3.63, 3.8) is 0 Å². The van der Waals surface area contributed by atoms with Crippen LogP contribution in [0, 0.1) is 0 Å². The lowest BCUT2D eigenvalue weighted by Gasteiger charge is -2.27. The molecule has 2 aromatic carbocycles. The molecule has 0 bridgehead atoms. The van der Waals surface area contributed by atoms with Gasteiger partial charge in [-0.1, -0.05) is 19.1 Å². The first-order chi connectivity index (χ1) is 14.0. The number of aryl methyl sites for hydroxylation is 3. The normalized spacial score (nSPS) is 17.1. The van der Waals surface area contributed by atoms with E-state index in [4.69, 9.17) is 4.74 Å². The molecule has 4 rings (SSSR count). The largest absolute Gasteiger partial charge is 0.379 e. The molecule has 1 aliphatic carbocycles. The maximum atomic E-state index is 13.2. The van der Waals surface area contributed by atoms with Crippen LogP contribution in [0.4, 0.5) is 5.69 Å². The van der Waals surface area contributed by atoms with Crippen LogP contribution in [0.3, 0.4) is 0 Å². The van der Waals surface area contributed by atoms with Crippen LogP contribution in [0.15, 0.2) is 41.3 Å². The van der Waals surface area contributed by atoms with Gasteiger partial charge in [0.2, 0.25) is 10.0 Å². The highest BCUT2D eigenvalue weighted by molar-refractivity contribution is 7.89. The van der Waals surface area contributed by atoms with Crippen LogP contribution in [-0.4, -0.2) is 44.9 Å². The zero-order valence-corrected chi connectivity index (χ0v) is 17.4. The van der Waals surface area contributed by atoms with Gasteiger partial charge >= 0.3 is 0 Å². The minimum atomic E-state index is -3.67. The van der Waals surface area contributed by atoms with E-state index in [2.05, 4.69) is 11.4 Å². The zero-order valence-electron chi connectivity index (χ0n) is 16.6. The highest BCUT2D eigenvalue weighted by Crippen LogP contribution is 2.26. The first kappa shape index (κ1) is 20.1. The van der Waals surface area contributed by atoms with E-state index < -0.39 is 10.0 Å². The number of benzene rings is 2. The van der Waals surface area contributed by atoms with Crippen LogP contribution in [-0.2, 0) is 34.0 Å². The molecule has 0 radical (unpaired) electrons. The molecular formula is C22H26N2O4S. The second-order valence-corrected chi connectivity index (χ2v) is 9.39. The molecule has 0 aromatic heterocycles. The van der Waals surface area contributed by atoms with E-state index in [-0.39, 0.29) is 10.8 Å². The van der Waals surface area contributed by atoms with Crippen molar-refractivity contribution >= 4 is 21.6 Å². The summed E-state index contributed by atoms with van der Waals surface area (Å²) >= 11 is 0. The number of amides is 1. The number of carbonyl (C=O) groups is 1. The number of ether oxygens (including phenoxy) is 1. The Morgan fingerprint density at radius 1 is 1.07 bits per heavy atom. The highest BCUT2D eigenvalue weighted by Gasteiger charge is 2.29. The average Bonchev–Trinajstić information content (AvgIpc) is 3.21. The number of nitrogens with one attached hydrogen (secondary N) is 1. The van der Waals surface area contributed by atoms with Crippen molar-refractivity contribution in [3.05, 3.63) is 58.7 Å². The number of carbonyl (C=O) groups excluding carboxylic acids is 1. The summed E-state index contributed by atoms with van der Waals surface area (Å²) < 4.78 is 33.0. The van der Waals surface area contributed by atoms with Crippen LogP contribution in [0.5, 0.6) is 0 Å². The van der Waals surface area contributed by atoms with E-state index >= 15 is 0 Å². The molecule has 0 saturated carbocycles. The van der Waals surface area contributed by atoms with Crippen LogP contribution < -0.4 is 5.32 Å². The summed E-state index contributed by atoms with van der Waals surface area (Å²) in [4.78, 5) is 13.0. The van der Waals surface area contributed by atoms with Crippen molar-refractivity contribution in [3.8, 4) is 0 Å². The Morgan fingerprint density at radius 3 is 2.59 bits per heavy atom. The molecule has 0 atom stereocenters. The fourth-order valence-electron chi connectivity index (χ4n) is 4.01. The second-order valence-electron chi connectivity index (χ2n) is 7.48. The monoisotopic (exact) mass is 414 g/mol. The SMILES string of the molecule is CCc1ccc(C(=O)Nc2ccc3c(c2)CCC3)cc1S(=O)(=O)N1CCOCC1. The molecular weight excluding hydrogens is 388 g/mol. The maximum Gasteiger partial charge on any atom is 0.255 e. The summed E-state index contributed by atoms with van der Waals surface area (Å²) in [7, 11) is -3.67. The lowest BCUT2D eigenvalue weighted by atomic mass is 10.1. The number of nitrogens with zero attached hydrogens (tertiary/aromatic N) is 1. The first-order valence-electron chi connectivity index (χ1n) is 10.1. The molecule has 1 heterocycles. The summed E-state index contributed by atoms with van der Waals surface area (Å²) in [6, 6.07) is 10.9. The van der Waals surface area contributed by atoms with E-state index in [9.17, 15) is 13.2 Å². The topological polar surface area (TPSA) is 75.7 Å². The molecule has 1 aliphatic heterocycles. The van der Waals surface area contributed by atoms with Gasteiger partial charge in [0.15, 0.2) is 0 Å². The highest BCUT2D eigenvalue weighted by atomic mass is 32.2. The molecule has 1 amide bonds. The number of fused-ring (bicyclic) bond motifs is 1. The molecule has 0 unspecified atom stereocenters. The number of morpholine rings is 1. The molecule has 2 aliphatic rings. The van der Waals surface area contributed by atoms with E-state index in [0.717, 1.165) is 24.9 Å². The van der Waals surface area contributed by atoms with Crippen molar-refractivity contribution < 1.29 is 17.9 Å². The fraction of sp³-hybridized carbons (Fsp3) is 0.409. The van der Waals surface area contributed by atoms with Gasteiger partial charge in [-0.15, -0.1) is 0 Å². The minimum Gasteiger partial charge on any atom is -0.379 e. The van der Waals surface area contributed by atoms with Crippen LogP contribution in [0.2, 0.25) is 0 Å². The van der Waals surface area contributed by atoms with Crippen molar-refractivity contribution in [1.29, 1.82) is 0 Å². The number of hydrogen-bond acceptors (Lipinski definition) is 4. The van der Waals surface area contributed by atoms with Gasteiger partial charge in [0.05, 0.1) is 18.1 Å². The summed E-state index contributed by atoms with van der Waals surface area (Å²) in [6.07, 6.45) is 3.84. The van der Waals surface area contributed by atoms with Gasteiger partial charge in [0.25, 0.3) is 5.91 Å². The predicted octanol–water partition coefficient (Wildman–Crippen LogP) is 3.01. The first-order valence-corrected chi connectivity index (χ1v) is 11.6. The third-order valence-corrected chi connectivity index (χ3v) is 7.64. The van der Waals surface area contributed by atoms with Crippen molar-refractivity contribution in [2.45, 2.75) is 37.5 Å². The Kier molecular flexibility index (Phi) is 5.72. The molecule has 7 heteroatoms. The van der Waals surface area contributed by atoms with Crippen molar-refractivity contribution in [2.75, 3.05) is 31.6 Å². The van der Waals surface area contributed by atoms with Gasteiger partial charge < -0.3 is 10.1 Å². The number of anilines is 1. The van der Waals surface area contributed by atoms with E-state index in [1.54, 1.807) is 12.1 Å². The van der Waals surface area contributed by atoms with Gasteiger partial charge in [-0.05, 0) is 66.6 Å². The average molecular weight is 415 g/mol. The number of sulfonamides is 1. The fourth-order valence-corrected chi connectivity index (χ4v) is 5.73. The standard InChI is InChI=1S/C22H26N2O4S/c1-2-16-6-7-19(15-21(16)29(26,27)24-10-12-28-13-11-24)22(25)23-20-9-8-17-4-3-5-18(17)14-20/h6-9,14-15H,2-5,10-13H2,1H3,(H,23,25). The Morgan fingerprint density at radius 2 is 1.83 bits per heavy atom. The van der Waals surface area contributed by atoms with Gasteiger partial charge in [0.1, 0.15) is 0 Å². The smallest absolute Gasteiger partial charge is 0.255 e. The Hall–Kier alpha value is -2.22. The molecule has 0 spiro atoms. The molecule has 1 fully saturated rings. The zero-order chi connectivity index (χ0) is 20.4. The Bertz CT molecular complexity index is 1030. The Labute approximate surface area is 171 Å². The number of rotatable bonds is 5. The van der Waals surface area contributed by atoms with Crippen LogP contribution >= 0.6 is 0 Å². The molecule has 2 aromatic rings. The third kappa shape index (κ3) is 4.08. The van der Waals surface area contributed by atoms with E-state index in [1.165, 1.54) is 21.5 Å². The molecule has 29 heavy (non-hydrogen) atoms. The van der Waals surface area contributed by atoms with E-state index in [0.29, 0.717) is 43.9 Å². The molecule has 1 saturated heterocycles. The summed E-state index contributed by atoms with van der Waals surface area (Å²) in [5.74, 6) is -0.302. The van der Waals surface area contributed by atoms with Crippen molar-refractivity contribution in [2.24, 2.45) is 0 Å². The lowest BCUT2D eigenvalue weighted by Crippen LogP contribution is -2.41. The van der Waals surface area contributed by atoms with Gasteiger partial charge in [-0.25, -0.2) is 8.42 Å². The molecule has 154 valence electrons. The van der Waals surface area contributed by atoms with E-state index in [1.807, 2.05) is 19.1 Å². The minimum absolute atomic E-state index is 0.212. The van der Waals surface area contributed by atoms with Crippen molar-refractivity contribution in [1.82, 2.24) is 4.31 Å². The maximum absolute atomic E-state index is 13.2.